The quantitative estimate of drug-likeness (QED) is 0.686. The molecular weight excluding hydrogens is 238 g/mol. The van der Waals surface area contributed by atoms with E-state index < -0.39 is 0 Å². The second-order valence-corrected chi connectivity index (χ2v) is 4.71. The zero-order valence-corrected chi connectivity index (χ0v) is 12.7. The van der Waals surface area contributed by atoms with Crippen LogP contribution in [0.4, 0.5) is 0 Å². The fourth-order valence-corrected chi connectivity index (χ4v) is 2.20. The van der Waals surface area contributed by atoms with Crippen molar-refractivity contribution in [2.24, 2.45) is 0 Å². The van der Waals surface area contributed by atoms with Crippen molar-refractivity contribution in [3.05, 3.63) is 23.8 Å². The van der Waals surface area contributed by atoms with Crippen LogP contribution < -0.4 is 14.8 Å². The summed E-state index contributed by atoms with van der Waals surface area (Å²) in [6.07, 6.45) is 3.52. The summed E-state index contributed by atoms with van der Waals surface area (Å²) in [5, 5.41) is 3.42. The summed E-state index contributed by atoms with van der Waals surface area (Å²) < 4.78 is 11.4. The molecule has 0 spiro atoms. The van der Waals surface area contributed by atoms with Gasteiger partial charge in [0, 0.05) is 6.04 Å². The summed E-state index contributed by atoms with van der Waals surface area (Å²) in [4.78, 5) is 0. The molecule has 0 aliphatic rings. The van der Waals surface area contributed by atoms with Gasteiger partial charge < -0.3 is 14.8 Å². The Morgan fingerprint density at radius 2 is 1.89 bits per heavy atom. The minimum absolute atomic E-state index is 0.224. The highest BCUT2D eigenvalue weighted by Crippen LogP contribution is 2.34. The summed E-state index contributed by atoms with van der Waals surface area (Å²) in [6.45, 7) is 8.14. The van der Waals surface area contributed by atoms with Crippen LogP contribution in [0.25, 0.3) is 0 Å². The van der Waals surface area contributed by atoms with E-state index in [1.807, 2.05) is 18.2 Å². The van der Waals surface area contributed by atoms with Crippen LogP contribution in [0.2, 0.25) is 0 Å². The molecule has 0 radical (unpaired) electrons. The molecule has 0 aliphatic heterocycles. The Kier molecular flexibility index (Phi) is 7.34. The Labute approximate surface area is 117 Å². The highest BCUT2D eigenvalue weighted by Gasteiger charge is 2.16. The zero-order valence-electron chi connectivity index (χ0n) is 12.7. The van der Waals surface area contributed by atoms with Gasteiger partial charge in [-0.25, -0.2) is 0 Å². The van der Waals surface area contributed by atoms with E-state index in [4.69, 9.17) is 9.47 Å². The lowest BCUT2D eigenvalue weighted by Gasteiger charge is -2.20. The fraction of sp³-hybridized carbons (Fsp3) is 0.625. The molecule has 0 saturated heterocycles. The van der Waals surface area contributed by atoms with Crippen LogP contribution in [0.15, 0.2) is 18.2 Å². The van der Waals surface area contributed by atoms with E-state index in [9.17, 15) is 0 Å². The molecule has 1 unspecified atom stereocenters. The predicted molar refractivity (Wildman–Crippen MR) is 80.1 cm³/mol. The minimum atomic E-state index is 0.224. The van der Waals surface area contributed by atoms with Gasteiger partial charge in [0.25, 0.3) is 0 Å². The van der Waals surface area contributed by atoms with Gasteiger partial charge in [0.05, 0.1) is 19.3 Å². The Bertz CT molecular complexity index is 366. The number of methoxy groups -OCH3 is 1. The molecule has 0 fully saturated rings. The standard InChI is InChI=1S/C16H27NO2/c1-5-7-8-12-19-15-11-9-10-14(18-4)16(15)13(3)17-6-2/h9-11,13,17H,5-8,12H2,1-4H3. The first-order chi connectivity index (χ1) is 9.24. The third kappa shape index (κ3) is 4.75. The van der Waals surface area contributed by atoms with Crippen molar-refractivity contribution in [1.82, 2.24) is 5.32 Å². The average Bonchev–Trinajstić information content (AvgIpc) is 2.43. The van der Waals surface area contributed by atoms with Crippen molar-refractivity contribution in [3.8, 4) is 11.5 Å². The molecule has 1 aromatic rings. The van der Waals surface area contributed by atoms with Crippen LogP contribution in [0.5, 0.6) is 11.5 Å². The highest BCUT2D eigenvalue weighted by molar-refractivity contribution is 5.46. The Hall–Kier alpha value is -1.22. The Morgan fingerprint density at radius 3 is 2.53 bits per heavy atom. The molecule has 0 saturated carbocycles. The van der Waals surface area contributed by atoms with E-state index in [0.717, 1.165) is 36.6 Å². The lowest BCUT2D eigenvalue weighted by Crippen LogP contribution is -2.19. The molecule has 1 rings (SSSR count). The van der Waals surface area contributed by atoms with Gasteiger partial charge >= 0.3 is 0 Å². The molecular formula is C16H27NO2. The Morgan fingerprint density at radius 1 is 1.16 bits per heavy atom. The van der Waals surface area contributed by atoms with Gasteiger partial charge in [-0.1, -0.05) is 32.8 Å². The number of hydrogen-bond donors (Lipinski definition) is 1. The summed E-state index contributed by atoms with van der Waals surface area (Å²) in [5.74, 6) is 1.82. The van der Waals surface area contributed by atoms with Crippen LogP contribution in [0.1, 0.15) is 51.6 Å². The van der Waals surface area contributed by atoms with Gasteiger partial charge in [0.15, 0.2) is 0 Å². The van der Waals surface area contributed by atoms with E-state index >= 15 is 0 Å². The fourth-order valence-electron chi connectivity index (χ4n) is 2.20. The number of hydrogen-bond acceptors (Lipinski definition) is 3. The van der Waals surface area contributed by atoms with Gasteiger partial charge in [-0.3, -0.25) is 0 Å². The highest BCUT2D eigenvalue weighted by atomic mass is 16.5. The van der Waals surface area contributed by atoms with Gasteiger partial charge in [-0.15, -0.1) is 0 Å². The van der Waals surface area contributed by atoms with E-state index in [1.165, 1.54) is 12.8 Å². The summed E-state index contributed by atoms with van der Waals surface area (Å²) in [7, 11) is 1.71. The van der Waals surface area contributed by atoms with Crippen molar-refractivity contribution >= 4 is 0 Å². The molecule has 0 bridgehead atoms. The molecule has 19 heavy (non-hydrogen) atoms. The molecule has 0 aromatic heterocycles. The smallest absolute Gasteiger partial charge is 0.127 e. The van der Waals surface area contributed by atoms with Crippen molar-refractivity contribution in [3.63, 3.8) is 0 Å². The molecule has 0 heterocycles. The second kappa shape index (κ2) is 8.81. The van der Waals surface area contributed by atoms with Crippen molar-refractivity contribution in [1.29, 1.82) is 0 Å². The van der Waals surface area contributed by atoms with Crippen LogP contribution in [0.3, 0.4) is 0 Å². The topological polar surface area (TPSA) is 30.5 Å². The van der Waals surface area contributed by atoms with E-state index in [2.05, 4.69) is 26.1 Å². The Balaban J connectivity index is 2.82. The van der Waals surface area contributed by atoms with Gasteiger partial charge in [0.2, 0.25) is 0 Å². The number of nitrogens with one attached hydrogen (secondary N) is 1. The third-order valence-electron chi connectivity index (χ3n) is 3.19. The maximum Gasteiger partial charge on any atom is 0.127 e. The van der Waals surface area contributed by atoms with E-state index in [0.29, 0.717) is 0 Å². The molecule has 108 valence electrons. The van der Waals surface area contributed by atoms with Gasteiger partial charge in [-0.05, 0) is 32.0 Å². The largest absolute Gasteiger partial charge is 0.496 e. The summed E-state index contributed by atoms with van der Waals surface area (Å²) >= 11 is 0. The average molecular weight is 265 g/mol. The molecule has 0 aliphatic carbocycles. The van der Waals surface area contributed by atoms with Gasteiger partial charge in [-0.2, -0.15) is 0 Å². The maximum absolute atomic E-state index is 5.93. The van der Waals surface area contributed by atoms with Crippen LogP contribution >= 0.6 is 0 Å². The third-order valence-corrected chi connectivity index (χ3v) is 3.19. The molecule has 1 aromatic carbocycles. The maximum atomic E-state index is 5.93. The van der Waals surface area contributed by atoms with Crippen LogP contribution in [0, 0.1) is 0 Å². The monoisotopic (exact) mass is 265 g/mol. The lowest BCUT2D eigenvalue weighted by molar-refractivity contribution is 0.296. The van der Waals surface area contributed by atoms with Crippen molar-refractivity contribution < 1.29 is 9.47 Å². The first-order valence-corrected chi connectivity index (χ1v) is 7.27. The number of unbranched alkanes of at least 4 members (excludes halogenated alkanes) is 2. The lowest BCUT2D eigenvalue weighted by atomic mass is 10.1. The molecule has 3 nitrogen and oxygen atoms in total. The van der Waals surface area contributed by atoms with Crippen LogP contribution in [-0.4, -0.2) is 20.3 Å². The first-order valence-electron chi connectivity index (χ1n) is 7.27. The summed E-state index contributed by atoms with van der Waals surface area (Å²) in [6, 6.07) is 6.22. The summed E-state index contributed by atoms with van der Waals surface area (Å²) in [5.41, 5.74) is 1.11. The van der Waals surface area contributed by atoms with Crippen LogP contribution in [-0.2, 0) is 0 Å². The van der Waals surface area contributed by atoms with Gasteiger partial charge in [0.1, 0.15) is 11.5 Å². The SMILES string of the molecule is CCCCCOc1cccc(OC)c1C(C)NCC. The van der Waals surface area contributed by atoms with Crippen molar-refractivity contribution in [2.75, 3.05) is 20.3 Å². The normalized spacial score (nSPS) is 12.2. The number of ether oxygens (including phenoxy) is 2. The molecule has 0 amide bonds. The number of rotatable bonds is 9. The second-order valence-electron chi connectivity index (χ2n) is 4.71. The predicted octanol–water partition coefficient (Wildman–Crippen LogP) is 3.93. The van der Waals surface area contributed by atoms with Crippen molar-refractivity contribution in [2.45, 2.75) is 46.1 Å². The molecule has 1 N–H and O–H groups in total. The first kappa shape index (κ1) is 15.8. The van der Waals surface area contributed by atoms with E-state index in [1.54, 1.807) is 7.11 Å². The van der Waals surface area contributed by atoms with E-state index in [-0.39, 0.29) is 6.04 Å². The molecule has 3 heteroatoms. The molecule has 1 atom stereocenters. The number of benzene rings is 1. The minimum Gasteiger partial charge on any atom is -0.496 e. The zero-order chi connectivity index (χ0) is 14.1.